The molecule has 1 amide bonds. The number of halogens is 2. The second-order valence-electron chi connectivity index (χ2n) is 17.5. The predicted octanol–water partition coefficient (Wildman–Crippen LogP) is 7.49. The van der Waals surface area contributed by atoms with Gasteiger partial charge in [0.05, 0.1) is 41.2 Å². The van der Waals surface area contributed by atoms with Crippen molar-refractivity contribution in [2.75, 3.05) is 45.7 Å². The molecule has 2 N–H and O–H groups in total. The number of carbonyl (C=O) groups excluding carboxylic acids is 2. The van der Waals surface area contributed by atoms with E-state index in [1.165, 1.54) is 19.1 Å². The second-order valence-corrected chi connectivity index (χ2v) is 19.1. The van der Waals surface area contributed by atoms with Crippen LogP contribution in [0.4, 0.5) is 14.6 Å². The molecule has 17 heteroatoms. The fraction of sp³-hybridized carbons (Fsp3) is 0.556. The average Bonchev–Trinajstić information content (AvgIpc) is 3.80. The number of terminal acetylenes is 1. The number of aromatic nitrogens is 2. The maximum absolute atomic E-state index is 15.5. The van der Waals surface area contributed by atoms with Gasteiger partial charge in [0.1, 0.15) is 30.4 Å². The van der Waals surface area contributed by atoms with Gasteiger partial charge in [-0.3, -0.25) is 19.0 Å². The summed E-state index contributed by atoms with van der Waals surface area (Å²) in [7, 11) is -0.622. The number of nitrogens with zero attached hydrogens (tertiary/aromatic N) is 4. The lowest BCUT2D eigenvalue weighted by Crippen LogP contribution is -2.51. The lowest BCUT2D eigenvalue weighted by molar-refractivity contribution is -0.149. The second kappa shape index (κ2) is 18.9. The third kappa shape index (κ3) is 10.2. The average molecular weight is 881 g/mol. The van der Waals surface area contributed by atoms with Crippen LogP contribution in [0.25, 0.3) is 10.8 Å². The number of carbonyl (C=O) groups is 2. The Hall–Kier alpha value is -4.81. The maximum Gasteiger partial charge on any atom is 0.459 e. The Kier molecular flexibility index (Phi) is 14.2. The van der Waals surface area contributed by atoms with Crippen molar-refractivity contribution in [3.8, 4) is 29.9 Å². The summed E-state index contributed by atoms with van der Waals surface area (Å²) in [6.07, 6.45) is 9.21. The van der Waals surface area contributed by atoms with Crippen molar-refractivity contribution < 1.29 is 46.2 Å². The first kappa shape index (κ1) is 46.7. The van der Waals surface area contributed by atoms with Gasteiger partial charge in [-0.25, -0.2) is 13.3 Å². The van der Waals surface area contributed by atoms with Crippen LogP contribution in [-0.4, -0.2) is 108 Å². The summed E-state index contributed by atoms with van der Waals surface area (Å²) in [6.45, 7) is 14.7. The van der Waals surface area contributed by atoms with Gasteiger partial charge in [-0.1, -0.05) is 31.4 Å². The van der Waals surface area contributed by atoms with Gasteiger partial charge in [0.2, 0.25) is 5.91 Å². The normalized spacial score (nSPS) is 22.3. The van der Waals surface area contributed by atoms with Crippen molar-refractivity contribution in [3.63, 3.8) is 0 Å². The molecule has 0 spiro atoms. The number of nitrogens with one attached hydrogen (secondary N) is 2. The minimum Gasteiger partial charge on any atom is -0.487 e. The third-order valence-electron chi connectivity index (χ3n) is 12.0. The Morgan fingerprint density at radius 1 is 1.18 bits per heavy atom. The Labute approximate surface area is 363 Å². The lowest BCUT2D eigenvalue weighted by atomic mass is 9.87. The first-order valence-corrected chi connectivity index (χ1v) is 22.7. The van der Waals surface area contributed by atoms with Gasteiger partial charge in [-0.2, -0.15) is 15.1 Å². The van der Waals surface area contributed by atoms with E-state index >= 15 is 4.39 Å². The van der Waals surface area contributed by atoms with Crippen LogP contribution >= 0.6 is 7.75 Å². The number of hydrogen-bond donors (Lipinski definition) is 2. The van der Waals surface area contributed by atoms with Gasteiger partial charge in [0.15, 0.2) is 11.6 Å². The summed E-state index contributed by atoms with van der Waals surface area (Å²) in [6, 6.07) is 4.99. The molecule has 5 atom stereocenters. The number of hydrogen-bond acceptors (Lipinski definition) is 12. The van der Waals surface area contributed by atoms with Crippen LogP contribution in [0.5, 0.6) is 17.5 Å². The van der Waals surface area contributed by atoms with Crippen molar-refractivity contribution >= 4 is 36.2 Å². The van der Waals surface area contributed by atoms with Crippen molar-refractivity contribution in [2.24, 2.45) is 0 Å². The molecule has 62 heavy (non-hydrogen) atoms. The summed E-state index contributed by atoms with van der Waals surface area (Å²) in [4.78, 5) is 38.9. The zero-order valence-corrected chi connectivity index (χ0v) is 37.8. The number of fused-ring (bicyclic) bond motifs is 2. The van der Waals surface area contributed by atoms with E-state index in [1.807, 2.05) is 18.9 Å². The summed E-state index contributed by atoms with van der Waals surface area (Å²) in [5.41, 5.74) is -0.0921. The molecule has 2 aromatic carbocycles. The van der Waals surface area contributed by atoms with Crippen LogP contribution in [-0.2, 0) is 29.8 Å². The molecule has 6 rings (SSSR count). The van der Waals surface area contributed by atoms with E-state index in [2.05, 4.69) is 22.9 Å². The minimum absolute atomic E-state index is 0.0221. The molecule has 0 bridgehead atoms. The topological polar surface area (TPSA) is 154 Å². The third-order valence-corrected chi connectivity index (χ3v) is 13.8. The van der Waals surface area contributed by atoms with Crippen molar-refractivity contribution in [1.82, 2.24) is 24.9 Å². The molecule has 1 saturated carbocycles. The number of ether oxygens (including phenoxy) is 3. The molecule has 1 aromatic heterocycles. The number of amides is 1. The highest BCUT2D eigenvalue weighted by Crippen LogP contribution is 2.49. The molecule has 1 saturated heterocycles. The Morgan fingerprint density at radius 2 is 1.90 bits per heavy atom. The summed E-state index contributed by atoms with van der Waals surface area (Å²) < 4.78 is 74.4. The van der Waals surface area contributed by atoms with Gasteiger partial charge < -0.3 is 29.0 Å². The van der Waals surface area contributed by atoms with Crippen molar-refractivity contribution in [2.45, 2.75) is 121 Å². The van der Waals surface area contributed by atoms with Crippen molar-refractivity contribution in [3.05, 3.63) is 59.6 Å². The van der Waals surface area contributed by atoms with Gasteiger partial charge in [0, 0.05) is 44.3 Å². The predicted molar refractivity (Wildman–Crippen MR) is 233 cm³/mol. The van der Waals surface area contributed by atoms with Crippen LogP contribution in [0.2, 0.25) is 0 Å². The van der Waals surface area contributed by atoms with Gasteiger partial charge in [0.25, 0.3) is 0 Å². The maximum atomic E-state index is 15.5. The number of rotatable bonds is 17. The first-order chi connectivity index (χ1) is 29.3. The van der Waals surface area contributed by atoms with Crippen molar-refractivity contribution in [1.29, 1.82) is 0 Å². The van der Waals surface area contributed by atoms with E-state index in [1.54, 1.807) is 57.8 Å². The van der Waals surface area contributed by atoms with E-state index in [0.717, 1.165) is 25.7 Å². The molecule has 3 aromatic rings. The highest BCUT2D eigenvalue weighted by Gasteiger charge is 2.43. The van der Waals surface area contributed by atoms with E-state index in [4.69, 9.17) is 39.6 Å². The van der Waals surface area contributed by atoms with Crippen LogP contribution in [0.15, 0.2) is 36.9 Å². The molecule has 1 aliphatic carbocycles. The van der Waals surface area contributed by atoms with Gasteiger partial charge in [-0.15, -0.1) is 6.42 Å². The molecule has 2 fully saturated rings. The Bertz CT molecular complexity index is 2260. The molecule has 2 aliphatic heterocycles. The van der Waals surface area contributed by atoms with E-state index < -0.39 is 61.0 Å². The zero-order chi connectivity index (χ0) is 45.1. The Balaban J connectivity index is 1.39. The van der Waals surface area contributed by atoms with Gasteiger partial charge >= 0.3 is 19.7 Å². The van der Waals surface area contributed by atoms with Crippen LogP contribution in [0.3, 0.4) is 0 Å². The summed E-state index contributed by atoms with van der Waals surface area (Å²) in [5, 5.41) is 7.10. The first-order valence-electron chi connectivity index (χ1n) is 21.1. The number of alkyl halides is 1. The summed E-state index contributed by atoms with van der Waals surface area (Å²) >= 11 is 0. The number of likely N-dealkylation sites (N-methyl/N-ethyl adjacent to an activating group) is 2. The smallest absolute Gasteiger partial charge is 0.459 e. The van der Waals surface area contributed by atoms with Crippen LogP contribution in [0.1, 0.15) is 96.4 Å². The molecule has 336 valence electrons. The minimum atomic E-state index is -4.25. The highest BCUT2D eigenvalue weighted by atomic mass is 31.2. The number of esters is 1. The number of anilines is 1. The highest BCUT2D eigenvalue weighted by molar-refractivity contribution is 7.52. The fourth-order valence-corrected chi connectivity index (χ4v) is 10.3. The van der Waals surface area contributed by atoms with Crippen LogP contribution < -0.4 is 24.4 Å². The fourth-order valence-electron chi connectivity index (χ4n) is 8.59. The standard InChI is InChI=1S/C45H59F2N6O8P/c1-11-34-36(47)16-15-30-19-33(61-62(56,60-28(5)6)51-29(7)42(55)59-27(3)4)21-35(39(30)34)31-20-37-40(57-24-31)41(48-25-45(17-13-14-18-45)53(10)38(54)12-2)50-43(49-37)58-26-44(8)22-32(46)23-52(44)9/h1,12,15-16,19,21,27-29,31-32H,2,13-14,17-18,20,22-26H2,3-10H3,(H,51,56)(H,48,49,50)/t29-,31+,32+,44-,62?/m0/s1. The van der Waals surface area contributed by atoms with Crippen LogP contribution in [0, 0.1) is 18.2 Å². The summed E-state index contributed by atoms with van der Waals surface area (Å²) in [5.74, 6) is 1.40. The molecule has 14 nitrogen and oxygen atoms in total. The molecular weight excluding hydrogens is 821 g/mol. The lowest BCUT2D eigenvalue weighted by Gasteiger charge is -2.39. The Morgan fingerprint density at radius 3 is 2.53 bits per heavy atom. The van der Waals surface area contributed by atoms with E-state index in [-0.39, 0.29) is 55.8 Å². The van der Waals surface area contributed by atoms with Gasteiger partial charge in [-0.05, 0) is 96.7 Å². The zero-order valence-electron chi connectivity index (χ0n) is 36.9. The number of likely N-dealkylation sites (tertiary alicyclic amines) is 1. The molecule has 3 aliphatic rings. The molecule has 0 radical (unpaired) electrons. The number of benzene rings is 2. The largest absolute Gasteiger partial charge is 0.487 e. The van der Waals surface area contributed by atoms with E-state index in [0.29, 0.717) is 40.1 Å². The molecule has 3 heterocycles. The van der Waals surface area contributed by atoms with E-state index in [9.17, 15) is 18.5 Å². The SMILES string of the molecule is C#Cc1c(F)ccc2cc(OP(=O)(N[C@@H](C)C(=O)OC(C)C)OC(C)C)cc([C@H]3COc4c(nc(OC[C@]5(C)C[C@@H](F)CN5C)nc4NCC4(N(C)C(=O)C=C)CCCC4)C3)c12. The quantitative estimate of drug-likeness (QED) is 0.0597. The molecular formula is C45H59F2N6O8P. The molecule has 1 unspecified atom stereocenters. The monoisotopic (exact) mass is 880 g/mol.